The summed E-state index contributed by atoms with van der Waals surface area (Å²) in [6.07, 6.45) is 0. The quantitative estimate of drug-likeness (QED) is 0.687. The lowest BCUT2D eigenvalue weighted by atomic mass is 10.2. The van der Waals surface area contributed by atoms with Gasteiger partial charge in [-0.15, -0.1) is 0 Å². The van der Waals surface area contributed by atoms with Gasteiger partial charge in [-0.3, -0.25) is 0 Å². The summed E-state index contributed by atoms with van der Waals surface area (Å²) in [5.74, 6) is 2.38. The van der Waals surface area contributed by atoms with E-state index < -0.39 is 0 Å². The monoisotopic (exact) mass is 343 g/mol. The normalized spacial score (nSPS) is 10.5. The highest BCUT2D eigenvalue weighted by atomic mass is 79.9. The molecule has 3 rings (SSSR count). The van der Waals surface area contributed by atoms with Crippen LogP contribution in [0.2, 0.25) is 0 Å². The minimum absolute atomic E-state index is 0.389. The van der Waals surface area contributed by atoms with Crippen LogP contribution in [0.1, 0.15) is 5.76 Å². The van der Waals surface area contributed by atoms with Gasteiger partial charge in [-0.05, 0) is 48.5 Å². The standard InChI is InChI=1S/C17H14BrNO2/c18-13-3-1-12(2-4-13)17-10-9-16(21-17)11-20-15-7-5-14(19)6-8-15/h1-10H,11,19H2. The lowest BCUT2D eigenvalue weighted by Gasteiger charge is -2.04. The van der Waals surface area contributed by atoms with Crippen molar-refractivity contribution in [1.29, 1.82) is 0 Å². The third kappa shape index (κ3) is 3.47. The van der Waals surface area contributed by atoms with Gasteiger partial charge in [0.2, 0.25) is 0 Å². The number of hydrogen-bond donors (Lipinski definition) is 1. The predicted octanol–water partition coefficient (Wildman–Crippen LogP) is 4.87. The Morgan fingerprint density at radius 2 is 1.62 bits per heavy atom. The molecule has 0 aliphatic heterocycles. The summed E-state index contributed by atoms with van der Waals surface area (Å²) < 4.78 is 12.5. The number of halogens is 1. The van der Waals surface area contributed by atoms with Crippen molar-refractivity contribution >= 4 is 21.6 Å². The van der Waals surface area contributed by atoms with Gasteiger partial charge in [0.1, 0.15) is 23.9 Å². The van der Waals surface area contributed by atoms with Gasteiger partial charge in [-0.2, -0.15) is 0 Å². The van der Waals surface area contributed by atoms with Crippen LogP contribution >= 0.6 is 15.9 Å². The third-order valence-corrected chi connectivity index (χ3v) is 3.58. The molecule has 2 N–H and O–H groups in total. The van der Waals surface area contributed by atoms with Gasteiger partial charge in [0.15, 0.2) is 0 Å². The van der Waals surface area contributed by atoms with Crippen LogP contribution in [0.15, 0.2) is 69.6 Å². The fraction of sp³-hybridized carbons (Fsp3) is 0.0588. The van der Waals surface area contributed by atoms with Crippen molar-refractivity contribution in [2.45, 2.75) is 6.61 Å². The number of anilines is 1. The average Bonchev–Trinajstić information content (AvgIpc) is 2.96. The lowest BCUT2D eigenvalue weighted by Crippen LogP contribution is -1.93. The lowest BCUT2D eigenvalue weighted by molar-refractivity contribution is 0.272. The molecule has 0 amide bonds. The van der Waals surface area contributed by atoms with Crippen molar-refractivity contribution < 1.29 is 9.15 Å². The number of nitrogen functional groups attached to an aromatic ring is 1. The van der Waals surface area contributed by atoms with Crippen molar-refractivity contribution in [2.24, 2.45) is 0 Å². The van der Waals surface area contributed by atoms with Crippen molar-refractivity contribution in [1.82, 2.24) is 0 Å². The average molecular weight is 344 g/mol. The van der Waals surface area contributed by atoms with Crippen molar-refractivity contribution in [2.75, 3.05) is 5.73 Å². The van der Waals surface area contributed by atoms with Gasteiger partial charge in [-0.25, -0.2) is 0 Å². The van der Waals surface area contributed by atoms with Gasteiger partial charge in [0.05, 0.1) is 0 Å². The van der Waals surface area contributed by atoms with E-state index in [0.717, 1.165) is 33.0 Å². The molecule has 1 aromatic heterocycles. The second-order valence-corrected chi connectivity index (χ2v) is 5.55. The maximum Gasteiger partial charge on any atom is 0.146 e. The van der Waals surface area contributed by atoms with Gasteiger partial charge in [0, 0.05) is 15.7 Å². The van der Waals surface area contributed by atoms with Crippen LogP contribution in [0, 0.1) is 0 Å². The molecule has 0 spiro atoms. The number of benzene rings is 2. The molecule has 21 heavy (non-hydrogen) atoms. The topological polar surface area (TPSA) is 48.4 Å². The smallest absolute Gasteiger partial charge is 0.146 e. The molecule has 106 valence electrons. The van der Waals surface area contributed by atoms with Crippen molar-refractivity contribution in [3.63, 3.8) is 0 Å². The first-order valence-corrected chi connectivity index (χ1v) is 7.33. The van der Waals surface area contributed by atoms with E-state index in [1.165, 1.54) is 0 Å². The first-order chi connectivity index (χ1) is 10.2. The SMILES string of the molecule is Nc1ccc(OCc2ccc(-c3ccc(Br)cc3)o2)cc1. The van der Waals surface area contributed by atoms with Crippen LogP contribution in [0.5, 0.6) is 5.75 Å². The summed E-state index contributed by atoms with van der Waals surface area (Å²) >= 11 is 3.42. The molecule has 0 radical (unpaired) electrons. The van der Waals surface area contributed by atoms with Crippen molar-refractivity contribution in [3.8, 4) is 17.1 Å². The molecule has 3 aromatic rings. The molecular formula is C17H14BrNO2. The van der Waals surface area contributed by atoms with E-state index in [1.807, 2.05) is 60.7 Å². The zero-order chi connectivity index (χ0) is 14.7. The Hall–Kier alpha value is -2.20. The second kappa shape index (κ2) is 6.06. The molecule has 0 bridgehead atoms. The van der Waals surface area contributed by atoms with E-state index in [9.17, 15) is 0 Å². The Morgan fingerprint density at radius 1 is 0.905 bits per heavy atom. The van der Waals surface area contributed by atoms with E-state index in [-0.39, 0.29) is 0 Å². The maximum absolute atomic E-state index is 5.79. The zero-order valence-electron chi connectivity index (χ0n) is 11.3. The zero-order valence-corrected chi connectivity index (χ0v) is 12.8. The molecule has 0 aliphatic carbocycles. The minimum Gasteiger partial charge on any atom is -0.486 e. The number of ether oxygens (including phenoxy) is 1. The van der Waals surface area contributed by atoms with E-state index in [2.05, 4.69) is 15.9 Å². The predicted molar refractivity (Wildman–Crippen MR) is 87.0 cm³/mol. The largest absolute Gasteiger partial charge is 0.486 e. The van der Waals surface area contributed by atoms with Crippen molar-refractivity contribution in [3.05, 3.63) is 70.9 Å². The molecule has 1 heterocycles. The Labute approximate surface area is 131 Å². The number of furan rings is 1. The number of nitrogens with two attached hydrogens (primary N) is 1. The summed E-state index contributed by atoms with van der Waals surface area (Å²) in [6, 6.07) is 19.2. The fourth-order valence-corrected chi connectivity index (χ4v) is 2.21. The summed E-state index contributed by atoms with van der Waals surface area (Å²) in [7, 11) is 0. The molecule has 4 heteroatoms. The van der Waals surface area contributed by atoms with Gasteiger partial charge in [0.25, 0.3) is 0 Å². The first-order valence-electron chi connectivity index (χ1n) is 6.54. The fourth-order valence-electron chi connectivity index (χ4n) is 1.94. The van der Waals surface area contributed by atoms with Gasteiger partial charge < -0.3 is 14.9 Å². The molecule has 0 atom stereocenters. The summed E-state index contributed by atoms with van der Waals surface area (Å²) in [6.45, 7) is 0.389. The Balaban J connectivity index is 1.67. The van der Waals surface area contributed by atoms with Crippen LogP contribution in [-0.2, 0) is 6.61 Å². The van der Waals surface area contributed by atoms with E-state index in [0.29, 0.717) is 6.61 Å². The third-order valence-electron chi connectivity index (χ3n) is 3.05. The molecular weight excluding hydrogens is 330 g/mol. The van der Waals surface area contributed by atoms with Crippen LogP contribution in [-0.4, -0.2) is 0 Å². The van der Waals surface area contributed by atoms with Crippen LogP contribution in [0.25, 0.3) is 11.3 Å². The molecule has 2 aromatic carbocycles. The van der Waals surface area contributed by atoms with E-state index >= 15 is 0 Å². The molecule has 0 aliphatic rings. The second-order valence-electron chi connectivity index (χ2n) is 4.63. The van der Waals surface area contributed by atoms with Gasteiger partial charge in [-0.1, -0.05) is 28.1 Å². The molecule has 0 saturated carbocycles. The summed E-state index contributed by atoms with van der Waals surface area (Å²) in [4.78, 5) is 0. The first kappa shape index (κ1) is 13.8. The summed E-state index contributed by atoms with van der Waals surface area (Å²) in [5, 5.41) is 0. The highest BCUT2D eigenvalue weighted by Gasteiger charge is 2.05. The number of hydrogen-bond acceptors (Lipinski definition) is 3. The number of rotatable bonds is 4. The van der Waals surface area contributed by atoms with E-state index in [4.69, 9.17) is 14.9 Å². The van der Waals surface area contributed by atoms with Crippen LogP contribution in [0.4, 0.5) is 5.69 Å². The Bertz CT molecular complexity index is 717. The molecule has 0 unspecified atom stereocenters. The summed E-state index contributed by atoms with van der Waals surface area (Å²) in [5.41, 5.74) is 7.39. The van der Waals surface area contributed by atoms with Crippen LogP contribution < -0.4 is 10.5 Å². The Kier molecular flexibility index (Phi) is 3.97. The molecule has 0 fully saturated rings. The highest BCUT2D eigenvalue weighted by Crippen LogP contribution is 2.24. The minimum atomic E-state index is 0.389. The highest BCUT2D eigenvalue weighted by molar-refractivity contribution is 9.10. The van der Waals surface area contributed by atoms with Crippen LogP contribution in [0.3, 0.4) is 0 Å². The van der Waals surface area contributed by atoms with E-state index in [1.54, 1.807) is 0 Å². The van der Waals surface area contributed by atoms with Gasteiger partial charge >= 0.3 is 0 Å². The maximum atomic E-state index is 5.79. The molecule has 0 saturated heterocycles. The Morgan fingerprint density at radius 3 is 2.33 bits per heavy atom. The molecule has 3 nitrogen and oxygen atoms in total.